The fourth-order valence-corrected chi connectivity index (χ4v) is 3.79. The maximum absolute atomic E-state index is 12.5. The van der Waals surface area contributed by atoms with Crippen LogP contribution in [0.15, 0.2) is 48.5 Å². The van der Waals surface area contributed by atoms with Crippen molar-refractivity contribution in [2.24, 2.45) is 0 Å². The number of aryl methyl sites for hydroxylation is 2. The fraction of sp³-hybridized carbons (Fsp3) is 0.227. The Bertz CT molecular complexity index is 1010. The first-order valence-electron chi connectivity index (χ1n) is 9.34. The molecule has 0 aliphatic carbocycles. The van der Waals surface area contributed by atoms with Gasteiger partial charge in [-0.2, -0.15) is 0 Å². The first-order chi connectivity index (χ1) is 14.5. The lowest BCUT2D eigenvalue weighted by molar-refractivity contribution is -0.121. The van der Waals surface area contributed by atoms with E-state index in [1.807, 2.05) is 42.5 Å². The summed E-state index contributed by atoms with van der Waals surface area (Å²) >= 11 is 1.29. The summed E-state index contributed by atoms with van der Waals surface area (Å²) < 4.78 is 10.5. The van der Waals surface area contributed by atoms with Crippen LogP contribution in [0.25, 0.3) is 10.6 Å². The van der Waals surface area contributed by atoms with Crippen LogP contribution in [0.3, 0.4) is 0 Å². The van der Waals surface area contributed by atoms with Crippen LogP contribution in [-0.4, -0.2) is 31.0 Å². The second-order valence-corrected chi connectivity index (χ2v) is 7.52. The summed E-state index contributed by atoms with van der Waals surface area (Å²) in [6, 6.07) is 15.1. The standard InChI is InChI=1S/C22H23N3O4S/c1-14-20(30-22(23-14)16-7-5-4-6-8-16)21(27)25-24-19(26)10-9-15-11-17(28-2)13-18(12-15)29-3/h4-8,11-13H,9-10H2,1-3H3,(H,24,26)(H,25,27). The molecule has 2 N–H and O–H groups in total. The van der Waals surface area contributed by atoms with E-state index in [9.17, 15) is 9.59 Å². The molecular weight excluding hydrogens is 402 g/mol. The van der Waals surface area contributed by atoms with Crippen LogP contribution >= 0.6 is 11.3 Å². The second kappa shape index (κ2) is 9.89. The van der Waals surface area contributed by atoms with Crippen molar-refractivity contribution in [3.05, 3.63) is 64.7 Å². The number of aromatic nitrogens is 1. The maximum Gasteiger partial charge on any atom is 0.281 e. The van der Waals surface area contributed by atoms with Gasteiger partial charge in [0.15, 0.2) is 0 Å². The number of carbonyl (C=O) groups excluding carboxylic acids is 2. The zero-order valence-electron chi connectivity index (χ0n) is 17.0. The van der Waals surface area contributed by atoms with Crippen LogP contribution in [0.2, 0.25) is 0 Å². The van der Waals surface area contributed by atoms with Crippen LogP contribution < -0.4 is 20.3 Å². The monoisotopic (exact) mass is 425 g/mol. The van der Waals surface area contributed by atoms with Crippen LogP contribution in [0.4, 0.5) is 0 Å². The molecule has 0 atom stereocenters. The lowest BCUT2D eigenvalue weighted by atomic mass is 10.1. The van der Waals surface area contributed by atoms with Crippen molar-refractivity contribution in [1.82, 2.24) is 15.8 Å². The average Bonchev–Trinajstić information content (AvgIpc) is 3.18. The summed E-state index contributed by atoms with van der Waals surface area (Å²) in [5, 5.41) is 0.761. The average molecular weight is 426 g/mol. The number of amides is 2. The molecule has 156 valence electrons. The zero-order valence-corrected chi connectivity index (χ0v) is 17.8. The molecule has 7 nitrogen and oxygen atoms in total. The summed E-state index contributed by atoms with van der Waals surface area (Å²) in [7, 11) is 3.15. The number of rotatable bonds is 7. The van der Waals surface area contributed by atoms with E-state index in [1.165, 1.54) is 11.3 Å². The van der Waals surface area contributed by atoms with Crippen LogP contribution in [0.5, 0.6) is 11.5 Å². The largest absolute Gasteiger partial charge is 0.497 e. The SMILES string of the molecule is COc1cc(CCC(=O)NNC(=O)c2sc(-c3ccccc3)nc2C)cc(OC)c1. The molecule has 3 aromatic rings. The van der Waals surface area contributed by atoms with Crippen molar-refractivity contribution in [3.8, 4) is 22.1 Å². The number of thiazole rings is 1. The molecule has 0 aliphatic rings. The second-order valence-electron chi connectivity index (χ2n) is 6.52. The predicted molar refractivity (Wildman–Crippen MR) is 116 cm³/mol. The van der Waals surface area contributed by atoms with E-state index in [0.29, 0.717) is 28.5 Å². The van der Waals surface area contributed by atoms with Crippen molar-refractivity contribution < 1.29 is 19.1 Å². The molecule has 0 saturated carbocycles. The van der Waals surface area contributed by atoms with Crippen molar-refractivity contribution >= 4 is 23.2 Å². The van der Waals surface area contributed by atoms with Gasteiger partial charge < -0.3 is 9.47 Å². The number of hydrazine groups is 1. The van der Waals surface area contributed by atoms with Gasteiger partial charge in [-0.15, -0.1) is 11.3 Å². The Hall–Kier alpha value is -3.39. The van der Waals surface area contributed by atoms with Gasteiger partial charge >= 0.3 is 0 Å². The molecule has 1 aromatic heterocycles. The van der Waals surface area contributed by atoms with Crippen molar-refractivity contribution in [2.45, 2.75) is 19.8 Å². The molecule has 2 amide bonds. The number of ether oxygens (including phenoxy) is 2. The molecule has 0 saturated heterocycles. The van der Waals surface area contributed by atoms with Gasteiger partial charge in [0, 0.05) is 18.1 Å². The number of benzene rings is 2. The number of nitrogens with zero attached hydrogens (tertiary/aromatic N) is 1. The molecular formula is C22H23N3O4S. The topological polar surface area (TPSA) is 89.6 Å². The smallest absolute Gasteiger partial charge is 0.281 e. The van der Waals surface area contributed by atoms with Gasteiger partial charge in [-0.1, -0.05) is 30.3 Å². The lowest BCUT2D eigenvalue weighted by Gasteiger charge is -2.09. The molecule has 8 heteroatoms. The minimum Gasteiger partial charge on any atom is -0.497 e. The van der Waals surface area contributed by atoms with Gasteiger partial charge in [0.2, 0.25) is 5.91 Å². The first-order valence-corrected chi connectivity index (χ1v) is 10.2. The summed E-state index contributed by atoms with van der Waals surface area (Å²) in [4.78, 5) is 29.6. The number of carbonyl (C=O) groups is 2. The highest BCUT2D eigenvalue weighted by molar-refractivity contribution is 7.17. The van der Waals surface area contributed by atoms with Crippen LogP contribution in [0, 0.1) is 6.92 Å². The van der Waals surface area contributed by atoms with E-state index in [2.05, 4.69) is 15.8 Å². The van der Waals surface area contributed by atoms with Gasteiger partial charge in [-0.25, -0.2) is 4.98 Å². The third kappa shape index (κ3) is 5.36. The summed E-state index contributed by atoms with van der Waals surface area (Å²) in [5.74, 6) is 0.639. The normalized spacial score (nSPS) is 10.4. The Morgan fingerprint density at radius 3 is 2.30 bits per heavy atom. The molecule has 0 unspecified atom stereocenters. The van der Waals surface area contributed by atoms with Crippen LogP contribution in [0.1, 0.15) is 27.3 Å². The van der Waals surface area contributed by atoms with Crippen LogP contribution in [-0.2, 0) is 11.2 Å². The van der Waals surface area contributed by atoms with Gasteiger partial charge in [-0.3, -0.25) is 20.4 Å². The molecule has 0 bridgehead atoms. The number of methoxy groups -OCH3 is 2. The van der Waals surface area contributed by atoms with Gasteiger partial charge in [0.1, 0.15) is 21.4 Å². The van der Waals surface area contributed by atoms with Crippen molar-refractivity contribution in [1.29, 1.82) is 0 Å². The third-order valence-electron chi connectivity index (χ3n) is 4.39. The van der Waals surface area contributed by atoms with E-state index in [0.717, 1.165) is 16.1 Å². The minimum absolute atomic E-state index is 0.202. The Kier molecular flexibility index (Phi) is 7.03. The lowest BCUT2D eigenvalue weighted by Crippen LogP contribution is -2.41. The number of hydrogen-bond acceptors (Lipinski definition) is 6. The highest BCUT2D eigenvalue weighted by atomic mass is 32.1. The molecule has 0 spiro atoms. The fourth-order valence-electron chi connectivity index (χ4n) is 2.83. The van der Waals surface area contributed by atoms with Gasteiger partial charge in [0.05, 0.1) is 19.9 Å². The number of hydrogen-bond donors (Lipinski definition) is 2. The Labute approximate surface area is 179 Å². The molecule has 1 heterocycles. The van der Waals surface area contributed by atoms with Crippen molar-refractivity contribution in [2.75, 3.05) is 14.2 Å². The number of nitrogens with one attached hydrogen (secondary N) is 2. The molecule has 30 heavy (non-hydrogen) atoms. The Morgan fingerprint density at radius 2 is 1.67 bits per heavy atom. The van der Waals surface area contributed by atoms with E-state index < -0.39 is 0 Å². The van der Waals surface area contributed by atoms with E-state index in [4.69, 9.17) is 9.47 Å². The molecule has 0 radical (unpaired) electrons. The maximum atomic E-state index is 12.5. The molecule has 3 rings (SSSR count). The van der Waals surface area contributed by atoms with E-state index in [-0.39, 0.29) is 18.2 Å². The zero-order chi connectivity index (χ0) is 21.5. The minimum atomic E-state index is -0.386. The predicted octanol–water partition coefficient (Wildman–Crippen LogP) is 3.53. The van der Waals surface area contributed by atoms with E-state index >= 15 is 0 Å². The summed E-state index contributed by atoms with van der Waals surface area (Å²) in [6.45, 7) is 1.77. The quantitative estimate of drug-likeness (QED) is 0.565. The summed E-state index contributed by atoms with van der Waals surface area (Å²) in [6.07, 6.45) is 0.681. The molecule has 0 fully saturated rings. The highest BCUT2D eigenvalue weighted by Crippen LogP contribution is 2.27. The van der Waals surface area contributed by atoms with E-state index in [1.54, 1.807) is 27.2 Å². The van der Waals surface area contributed by atoms with Gasteiger partial charge in [0.25, 0.3) is 5.91 Å². The molecule has 0 aliphatic heterocycles. The summed E-state index contributed by atoms with van der Waals surface area (Å²) in [5.41, 5.74) is 7.40. The Balaban J connectivity index is 1.55. The Morgan fingerprint density at radius 1 is 1.00 bits per heavy atom. The highest BCUT2D eigenvalue weighted by Gasteiger charge is 2.17. The first kappa shape index (κ1) is 21.3. The van der Waals surface area contributed by atoms with Gasteiger partial charge in [-0.05, 0) is 31.0 Å². The molecule has 2 aromatic carbocycles. The van der Waals surface area contributed by atoms with Crippen molar-refractivity contribution in [3.63, 3.8) is 0 Å². The third-order valence-corrected chi connectivity index (χ3v) is 5.60.